The van der Waals surface area contributed by atoms with Crippen molar-refractivity contribution in [1.82, 2.24) is 4.57 Å². The van der Waals surface area contributed by atoms with E-state index in [1.807, 2.05) is 30.3 Å². The molecule has 1 heterocycles. The van der Waals surface area contributed by atoms with Crippen LogP contribution in [0.4, 0.5) is 0 Å². The van der Waals surface area contributed by atoms with Crippen LogP contribution in [0.2, 0.25) is 0 Å². The number of hydrogen-bond acceptors (Lipinski definition) is 0. The number of aromatic nitrogens is 1. The summed E-state index contributed by atoms with van der Waals surface area (Å²) < 4.78 is 2.08. The van der Waals surface area contributed by atoms with E-state index in [2.05, 4.69) is 68.8 Å². The summed E-state index contributed by atoms with van der Waals surface area (Å²) in [5.74, 6) is 0. The number of unbranched alkanes of at least 4 members (excludes halogenated alkanes) is 2. The van der Waals surface area contributed by atoms with Crippen LogP contribution < -0.4 is 0 Å². The summed E-state index contributed by atoms with van der Waals surface area (Å²) in [6.45, 7) is 11.4. The second-order valence-corrected chi connectivity index (χ2v) is 5.21. The molecule has 1 aromatic heterocycles. The minimum atomic E-state index is 0. The SMILES string of the molecule is [CH2-]CCC.[CH2-]CCC.[Pt].[c-]1cc2ccccc2n1-c1ccccc1. The first-order valence-corrected chi connectivity index (χ1v) is 8.40. The molecule has 3 aromatic rings. The van der Waals surface area contributed by atoms with Crippen LogP contribution in [0, 0.1) is 20.0 Å². The quantitative estimate of drug-likeness (QED) is 0.354. The monoisotopic (exact) mass is 501 g/mol. The molecular formula is C22H28NPt-3. The van der Waals surface area contributed by atoms with Gasteiger partial charge in [-0.1, -0.05) is 86.9 Å². The molecule has 0 atom stereocenters. The van der Waals surface area contributed by atoms with Crippen molar-refractivity contribution in [3.8, 4) is 5.69 Å². The Labute approximate surface area is 162 Å². The van der Waals surface area contributed by atoms with Gasteiger partial charge < -0.3 is 18.4 Å². The molecule has 0 saturated heterocycles. The van der Waals surface area contributed by atoms with Gasteiger partial charge in [-0.2, -0.15) is 12.8 Å². The third-order valence-electron chi connectivity index (χ3n) is 3.25. The Morgan fingerprint density at radius 1 is 0.833 bits per heavy atom. The van der Waals surface area contributed by atoms with E-state index in [0.29, 0.717) is 0 Å². The molecule has 3 rings (SSSR count). The molecule has 0 radical (unpaired) electrons. The van der Waals surface area contributed by atoms with Crippen molar-refractivity contribution in [1.29, 1.82) is 0 Å². The molecule has 0 aliphatic rings. The molecular weight excluding hydrogens is 473 g/mol. The number of benzene rings is 2. The average molecular weight is 502 g/mol. The van der Waals surface area contributed by atoms with Crippen LogP contribution in [-0.4, -0.2) is 4.57 Å². The summed E-state index contributed by atoms with van der Waals surface area (Å²) in [7, 11) is 0. The second-order valence-electron chi connectivity index (χ2n) is 5.21. The first-order chi connectivity index (χ1) is 11.3. The van der Waals surface area contributed by atoms with E-state index in [0.717, 1.165) is 18.5 Å². The van der Waals surface area contributed by atoms with Crippen LogP contribution in [0.15, 0.2) is 60.7 Å². The van der Waals surface area contributed by atoms with Crippen LogP contribution in [0.1, 0.15) is 39.5 Å². The van der Waals surface area contributed by atoms with Gasteiger partial charge in [0.25, 0.3) is 0 Å². The Kier molecular flexibility index (Phi) is 13.3. The molecule has 0 amide bonds. The molecule has 0 saturated carbocycles. The van der Waals surface area contributed by atoms with Gasteiger partial charge >= 0.3 is 0 Å². The van der Waals surface area contributed by atoms with Crippen molar-refractivity contribution in [2.24, 2.45) is 0 Å². The van der Waals surface area contributed by atoms with Crippen LogP contribution >= 0.6 is 0 Å². The van der Waals surface area contributed by atoms with E-state index in [-0.39, 0.29) is 21.1 Å². The molecule has 2 aromatic carbocycles. The molecule has 0 unspecified atom stereocenters. The van der Waals surface area contributed by atoms with Crippen LogP contribution in [-0.2, 0) is 21.1 Å². The third-order valence-corrected chi connectivity index (χ3v) is 3.25. The Balaban J connectivity index is 0.000000503. The maximum absolute atomic E-state index is 3.60. The third kappa shape index (κ3) is 7.49. The van der Waals surface area contributed by atoms with E-state index in [4.69, 9.17) is 0 Å². The molecule has 0 fully saturated rings. The van der Waals surface area contributed by atoms with E-state index in [1.165, 1.54) is 23.7 Å². The average Bonchev–Trinajstić information content (AvgIpc) is 3.07. The smallest absolute Gasteiger partial charge is 0 e. The molecule has 1 nitrogen and oxygen atoms in total. The van der Waals surface area contributed by atoms with Crippen LogP contribution in [0.5, 0.6) is 0 Å². The molecule has 0 aliphatic carbocycles. The molecule has 0 N–H and O–H groups in total. The van der Waals surface area contributed by atoms with E-state index in [1.54, 1.807) is 0 Å². The standard InChI is InChI=1S/C14H10N.2C4H9.Pt/c1-2-7-13(8-3-1)15-11-10-12-6-4-5-9-14(12)15;2*1-3-4-2;/h1-10H;2*1,3-4H2,2H3;/q3*-1;. The van der Waals surface area contributed by atoms with Crippen LogP contribution in [0.25, 0.3) is 16.6 Å². The predicted octanol–water partition coefficient (Wildman–Crippen LogP) is 6.67. The van der Waals surface area contributed by atoms with Crippen molar-refractivity contribution in [3.63, 3.8) is 0 Å². The maximum Gasteiger partial charge on any atom is 0 e. The van der Waals surface area contributed by atoms with Crippen molar-refractivity contribution < 1.29 is 21.1 Å². The second kappa shape index (κ2) is 14.0. The maximum atomic E-state index is 3.60. The fourth-order valence-electron chi connectivity index (χ4n) is 1.81. The summed E-state index contributed by atoms with van der Waals surface area (Å²) >= 11 is 0. The van der Waals surface area contributed by atoms with Crippen molar-refractivity contribution >= 4 is 10.9 Å². The summed E-state index contributed by atoms with van der Waals surface area (Å²) in [5, 5.41) is 1.22. The summed E-state index contributed by atoms with van der Waals surface area (Å²) in [6.07, 6.45) is 7.80. The van der Waals surface area contributed by atoms with Crippen molar-refractivity contribution in [2.45, 2.75) is 39.5 Å². The molecule has 134 valence electrons. The van der Waals surface area contributed by atoms with E-state index in [9.17, 15) is 0 Å². The molecule has 2 heteroatoms. The topological polar surface area (TPSA) is 4.93 Å². The van der Waals surface area contributed by atoms with Gasteiger partial charge in [-0.25, -0.2) is 0 Å². The zero-order chi connectivity index (χ0) is 16.9. The number of para-hydroxylation sites is 2. The predicted molar refractivity (Wildman–Crippen MR) is 103 cm³/mol. The number of nitrogens with zero attached hydrogens (tertiary/aromatic N) is 1. The zero-order valence-corrected chi connectivity index (χ0v) is 17.1. The Morgan fingerprint density at radius 3 is 1.88 bits per heavy atom. The first-order valence-electron chi connectivity index (χ1n) is 8.40. The van der Waals surface area contributed by atoms with E-state index >= 15 is 0 Å². The van der Waals surface area contributed by atoms with Gasteiger partial charge in [0.05, 0.1) is 0 Å². The fourth-order valence-corrected chi connectivity index (χ4v) is 1.81. The minimum Gasteiger partial charge on any atom is -0.444 e. The number of fused-ring (bicyclic) bond motifs is 1. The molecule has 0 spiro atoms. The van der Waals surface area contributed by atoms with Gasteiger partial charge in [0, 0.05) is 21.1 Å². The molecule has 24 heavy (non-hydrogen) atoms. The van der Waals surface area contributed by atoms with E-state index < -0.39 is 0 Å². The summed E-state index contributed by atoms with van der Waals surface area (Å²) in [5.41, 5.74) is 2.35. The molecule has 0 aliphatic heterocycles. The van der Waals surface area contributed by atoms with Gasteiger partial charge in [-0.15, -0.1) is 17.5 Å². The largest absolute Gasteiger partial charge is 0.444 e. The Bertz CT molecular complexity index is 635. The fraction of sp³-hybridized carbons (Fsp3) is 0.273. The van der Waals surface area contributed by atoms with Gasteiger partial charge in [0.15, 0.2) is 0 Å². The van der Waals surface area contributed by atoms with Crippen molar-refractivity contribution in [2.75, 3.05) is 0 Å². The number of rotatable bonds is 3. The van der Waals surface area contributed by atoms with Gasteiger partial charge in [0.1, 0.15) is 0 Å². The number of hydrogen-bond donors (Lipinski definition) is 0. The minimum absolute atomic E-state index is 0. The summed E-state index contributed by atoms with van der Waals surface area (Å²) in [4.78, 5) is 0. The normalized spacial score (nSPS) is 9.17. The van der Waals surface area contributed by atoms with Crippen molar-refractivity contribution in [3.05, 3.63) is 80.7 Å². The summed E-state index contributed by atoms with van der Waals surface area (Å²) in [6, 6.07) is 20.6. The van der Waals surface area contributed by atoms with Gasteiger partial charge in [-0.05, 0) is 5.69 Å². The van der Waals surface area contributed by atoms with Crippen LogP contribution in [0.3, 0.4) is 0 Å². The first kappa shape index (κ1) is 22.7. The van der Waals surface area contributed by atoms with Gasteiger partial charge in [-0.3, -0.25) is 0 Å². The Morgan fingerprint density at radius 2 is 1.33 bits per heavy atom. The molecule has 0 bridgehead atoms. The zero-order valence-electron chi connectivity index (χ0n) is 14.8. The Hall–Kier alpha value is -1.33. The van der Waals surface area contributed by atoms with Gasteiger partial charge in [0.2, 0.25) is 0 Å².